The van der Waals surface area contributed by atoms with Crippen LogP contribution in [0.15, 0.2) is 23.1 Å². The van der Waals surface area contributed by atoms with Gasteiger partial charge in [0.15, 0.2) is 0 Å². The molecule has 4 nitrogen and oxygen atoms in total. The SMILES string of the molecule is CCCC1CC1NS(=O)(=O)c1ccc(Cl)cc1N. The molecule has 1 aromatic carbocycles. The van der Waals surface area contributed by atoms with Crippen molar-refractivity contribution in [3.05, 3.63) is 23.2 Å². The topological polar surface area (TPSA) is 72.2 Å². The Bertz CT molecular complexity index is 545. The van der Waals surface area contributed by atoms with Crippen molar-refractivity contribution in [2.24, 2.45) is 5.92 Å². The monoisotopic (exact) mass is 288 g/mol. The first-order chi connectivity index (χ1) is 8.44. The highest BCUT2D eigenvalue weighted by molar-refractivity contribution is 7.89. The highest BCUT2D eigenvalue weighted by Gasteiger charge is 2.39. The molecule has 2 rings (SSSR count). The van der Waals surface area contributed by atoms with Crippen molar-refractivity contribution < 1.29 is 8.42 Å². The number of nitrogens with one attached hydrogen (secondary N) is 1. The van der Waals surface area contributed by atoms with E-state index in [0.29, 0.717) is 10.9 Å². The van der Waals surface area contributed by atoms with Crippen molar-refractivity contribution in [2.75, 3.05) is 5.73 Å². The zero-order chi connectivity index (χ0) is 13.3. The van der Waals surface area contributed by atoms with Gasteiger partial charge in [-0.05, 0) is 37.0 Å². The molecule has 1 saturated carbocycles. The molecule has 0 radical (unpaired) electrons. The van der Waals surface area contributed by atoms with Crippen LogP contribution in [-0.2, 0) is 10.0 Å². The predicted molar refractivity (Wildman–Crippen MR) is 73.0 cm³/mol. The Kier molecular flexibility index (Phi) is 3.84. The smallest absolute Gasteiger partial charge is 0.242 e. The fraction of sp³-hybridized carbons (Fsp3) is 0.500. The molecule has 0 saturated heterocycles. The highest BCUT2D eigenvalue weighted by atomic mass is 35.5. The molecule has 0 aliphatic heterocycles. The molecule has 0 aromatic heterocycles. The summed E-state index contributed by atoms with van der Waals surface area (Å²) in [6, 6.07) is 4.48. The van der Waals surface area contributed by atoms with Gasteiger partial charge in [-0.1, -0.05) is 24.9 Å². The fourth-order valence-electron chi connectivity index (χ4n) is 2.11. The zero-order valence-corrected chi connectivity index (χ0v) is 11.8. The van der Waals surface area contributed by atoms with Gasteiger partial charge in [0.25, 0.3) is 0 Å². The summed E-state index contributed by atoms with van der Waals surface area (Å²) in [6.45, 7) is 2.10. The molecule has 0 spiro atoms. The number of rotatable bonds is 5. The number of sulfonamides is 1. The summed E-state index contributed by atoms with van der Waals surface area (Å²) in [7, 11) is -3.53. The normalized spacial score (nSPS) is 23.0. The summed E-state index contributed by atoms with van der Waals surface area (Å²) in [5, 5.41) is 0.432. The molecular weight excluding hydrogens is 272 g/mol. The summed E-state index contributed by atoms with van der Waals surface area (Å²) in [5.74, 6) is 0.471. The minimum atomic E-state index is -3.53. The van der Waals surface area contributed by atoms with Gasteiger partial charge in [-0.2, -0.15) is 0 Å². The van der Waals surface area contributed by atoms with Crippen LogP contribution in [0.3, 0.4) is 0 Å². The molecule has 0 heterocycles. The Labute approximate surface area is 113 Å². The second-order valence-electron chi connectivity index (χ2n) is 4.69. The van der Waals surface area contributed by atoms with E-state index >= 15 is 0 Å². The van der Waals surface area contributed by atoms with Crippen LogP contribution in [0.2, 0.25) is 5.02 Å². The molecule has 6 heteroatoms. The zero-order valence-electron chi connectivity index (χ0n) is 10.2. The Morgan fingerprint density at radius 3 is 2.83 bits per heavy atom. The Balaban J connectivity index is 2.12. The van der Waals surface area contributed by atoms with Crippen LogP contribution in [-0.4, -0.2) is 14.5 Å². The van der Waals surface area contributed by atoms with Gasteiger partial charge in [-0.15, -0.1) is 0 Å². The van der Waals surface area contributed by atoms with Gasteiger partial charge in [-0.25, -0.2) is 13.1 Å². The number of benzene rings is 1. The minimum absolute atomic E-state index is 0.0602. The lowest BCUT2D eigenvalue weighted by molar-refractivity contribution is 0.573. The molecule has 0 amide bonds. The Morgan fingerprint density at radius 2 is 2.22 bits per heavy atom. The van der Waals surface area contributed by atoms with E-state index < -0.39 is 10.0 Å². The first-order valence-corrected chi connectivity index (χ1v) is 7.87. The van der Waals surface area contributed by atoms with E-state index in [9.17, 15) is 8.42 Å². The van der Waals surface area contributed by atoms with Gasteiger partial charge in [0.1, 0.15) is 4.90 Å². The summed E-state index contributed by atoms with van der Waals surface area (Å²) in [4.78, 5) is 0.106. The van der Waals surface area contributed by atoms with Crippen molar-refractivity contribution in [3.63, 3.8) is 0 Å². The van der Waals surface area contributed by atoms with E-state index in [1.807, 2.05) is 0 Å². The van der Waals surface area contributed by atoms with Crippen LogP contribution in [0.1, 0.15) is 26.2 Å². The van der Waals surface area contributed by atoms with Gasteiger partial charge < -0.3 is 5.73 Å². The number of halogens is 1. The maximum Gasteiger partial charge on any atom is 0.242 e. The van der Waals surface area contributed by atoms with Gasteiger partial charge >= 0.3 is 0 Å². The lowest BCUT2D eigenvalue weighted by Gasteiger charge is -2.09. The summed E-state index contributed by atoms with van der Waals surface area (Å²) in [6.07, 6.45) is 3.05. The standard InChI is InChI=1S/C12H17ClN2O2S/c1-2-3-8-6-11(8)15-18(16,17)12-5-4-9(13)7-10(12)14/h4-5,7-8,11,15H,2-3,6,14H2,1H3. The molecule has 0 bridgehead atoms. The van der Waals surface area contributed by atoms with Crippen molar-refractivity contribution >= 4 is 27.3 Å². The summed E-state index contributed by atoms with van der Waals surface area (Å²) in [5.41, 5.74) is 5.88. The van der Waals surface area contributed by atoms with E-state index in [1.165, 1.54) is 18.2 Å². The van der Waals surface area contributed by atoms with Crippen LogP contribution < -0.4 is 10.5 Å². The molecule has 1 aromatic rings. The number of anilines is 1. The van der Waals surface area contributed by atoms with Crippen molar-refractivity contribution in [1.29, 1.82) is 0 Å². The second kappa shape index (κ2) is 5.07. The average Bonchev–Trinajstić information content (AvgIpc) is 2.95. The average molecular weight is 289 g/mol. The molecule has 2 atom stereocenters. The third-order valence-electron chi connectivity index (χ3n) is 3.15. The number of hydrogen-bond acceptors (Lipinski definition) is 3. The first-order valence-electron chi connectivity index (χ1n) is 6.01. The van der Waals surface area contributed by atoms with Gasteiger partial charge in [0.05, 0.1) is 5.69 Å². The largest absolute Gasteiger partial charge is 0.398 e. The van der Waals surface area contributed by atoms with Crippen LogP contribution in [0.4, 0.5) is 5.69 Å². The van der Waals surface area contributed by atoms with E-state index in [0.717, 1.165) is 19.3 Å². The molecule has 2 unspecified atom stereocenters. The fourth-order valence-corrected chi connectivity index (χ4v) is 3.72. The minimum Gasteiger partial charge on any atom is -0.398 e. The quantitative estimate of drug-likeness (QED) is 0.817. The summed E-state index contributed by atoms with van der Waals surface area (Å²) >= 11 is 5.75. The Morgan fingerprint density at radius 1 is 1.50 bits per heavy atom. The third-order valence-corrected chi connectivity index (χ3v) is 4.95. The molecule has 100 valence electrons. The summed E-state index contributed by atoms with van der Waals surface area (Å²) < 4.78 is 27.0. The van der Waals surface area contributed by atoms with Crippen molar-refractivity contribution in [1.82, 2.24) is 4.72 Å². The van der Waals surface area contributed by atoms with E-state index in [1.54, 1.807) is 0 Å². The van der Waals surface area contributed by atoms with E-state index in [2.05, 4.69) is 11.6 Å². The van der Waals surface area contributed by atoms with E-state index in [4.69, 9.17) is 17.3 Å². The van der Waals surface area contributed by atoms with Crippen molar-refractivity contribution in [3.8, 4) is 0 Å². The third kappa shape index (κ3) is 2.96. The molecular formula is C12H17ClN2O2S. The van der Waals surface area contributed by atoms with Crippen LogP contribution in [0.5, 0.6) is 0 Å². The molecule has 1 aliphatic carbocycles. The van der Waals surface area contributed by atoms with Crippen molar-refractivity contribution in [2.45, 2.75) is 37.1 Å². The van der Waals surface area contributed by atoms with Gasteiger partial charge in [0, 0.05) is 11.1 Å². The lowest BCUT2D eigenvalue weighted by Crippen LogP contribution is -2.27. The van der Waals surface area contributed by atoms with Gasteiger partial charge in [0.2, 0.25) is 10.0 Å². The number of nitrogen functional groups attached to an aromatic ring is 1. The predicted octanol–water partition coefficient (Wildman–Crippen LogP) is 2.39. The molecule has 1 fully saturated rings. The second-order valence-corrected chi connectivity index (χ2v) is 6.81. The van der Waals surface area contributed by atoms with Crippen LogP contribution in [0, 0.1) is 5.92 Å². The number of nitrogens with two attached hydrogens (primary N) is 1. The maximum atomic E-state index is 12.1. The number of hydrogen-bond donors (Lipinski definition) is 2. The highest BCUT2D eigenvalue weighted by Crippen LogP contribution is 2.36. The van der Waals surface area contributed by atoms with Crippen LogP contribution >= 0.6 is 11.6 Å². The molecule has 18 heavy (non-hydrogen) atoms. The molecule has 1 aliphatic rings. The molecule has 3 N–H and O–H groups in total. The van der Waals surface area contributed by atoms with Gasteiger partial charge in [-0.3, -0.25) is 0 Å². The van der Waals surface area contributed by atoms with E-state index in [-0.39, 0.29) is 16.6 Å². The van der Waals surface area contributed by atoms with Crippen LogP contribution in [0.25, 0.3) is 0 Å². The first kappa shape index (κ1) is 13.6. The maximum absolute atomic E-state index is 12.1. The lowest BCUT2D eigenvalue weighted by atomic mass is 10.2. The Hall–Kier alpha value is -0.780.